The van der Waals surface area contributed by atoms with Crippen LogP contribution in [0.4, 0.5) is 5.69 Å². The number of nitrogens with one attached hydrogen (secondary N) is 1. The third-order valence-electron chi connectivity index (χ3n) is 4.69. The summed E-state index contributed by atoms with van der Waals surface area (Å²) in [5, 5.41) is 3.37. The molecule has 0 aliphatic carbocycles. The zero-order chi connectivity index (χ0) is 21.7. The van der Waals surface area contributed by atoms with Crippen LogP contribution in [0.5, 0.6) is 0 Å². The van der Waals surface area contributed by atoms with E-state index in [2.05, 4.69) is 10.3 Å². The van der Waals surface area contributed by atoms with Crippen LogP contribution in [0.25, 0.3) is 0 Å². The third-order valence-corrected chi connectivity index (χ3v) is 7.12. The Morgan fingerprint density at radius 1 is 1.27 bits per heavy atom. The zero-order valence-electron chi connectivity index (χ0n) is 16.7. The van der Waals surface area contributed by atoms with Crippen LogP contribution in [0.15, 0.2) is 45.0 Å². The van der Waals surface area contributed by atoms with Crippen LogP contribution in [0.2, 0.25) is 0 Å². The van der Waals surface area contributed by atoms with Gasteiger partial charge < -0.3 is 14.5 Å². The first-order valence-electron chi connectivity index (χ1n) is 9.43. The number of amides is 1. The maximum Gasteiger partial charge on any atom is 0.374 e. The normalized spacial score (nSPS) is 15.7. The Morgan fingerprint density at radius 3 is 2.60 bits per heavy atom. The summed E-state index contributed by atoms with van der Waals surface area (Å²) in [5.74, 6) is -1.34. The number of carbonyl (C=O) groups is 2. The molecule has 30 heavy (non-hydrogen) atoms. The molecule has 0 atom stereocenters. The molecule has 0 spiro atoms. The number of ether oxygens (including phenoxy) is 1. The summed E-state index contributed by atoms with van der Waals surface area (Å²) in [7, 11) is -3.89. The SMILES string of the molecule is CCOC(=O)c1ccc(S(=O)(=O)N2CCC(C(=O)Nc3ccc(SC)nc3)CC2)o1. The molecule has 2 aromatic heterocycles. The van der Waals surface area contributed by atoms with Crippen molar-refractivity contribution < 1.29 is 27.2 Å². The van der Waals surface area contributed by atoms with Gasteiger partial charge in [0, 0.05) is 19.0 Å². The Bertz CT molecular complexity index is 996. The van der Waals surface area contributed by atoms with Crippen LogP contribution >= 0.6 is 11.8 Å². The summed E-state index contributed by atoms with van der Waals surface area (Å²) in [6, 6.07) is 6.13. The molecule has 0 bridgehead atoms. The molecule has 3 rings (SSSR count). The number of hydrogen-bond donors (Lipinski definition) is 1. The molecule has 3 heterocycles. The van der Waals surface area contributed by atoms with Crippen molar-refractivity contribution >= 4 is 39.3 Å². The van der Waals surface area contributed by atoms with Crippen molar-refractivity contribution in [3.63, 3.8) is 0 Å². The van der Waals surface area contributed by atoms with E-state index < -0.39 is 16.0 Å². The van der Waals surface area contributed by atoms with Gasteiger partial charge in [-0.3, -0.25) is 4.79 Å². The molecule has 0 unspecified atom stereocenters. The number of nitrogens with zero attached hydrogens (tertiary/aromatic N) is 2. The average Bonchev–Trinajstić information content (AvgIpc) is 3.26. The second kappa shape index (κ2) is 9.63. The smallest absolute Gasteiger partial charge is 0.374 e. The number of furan rings is 1. The van der Waals surface area contributed by atoms with Gasteiger partial charge in [-0.2, -0.15) is 4.31 Å². The fourth-order valence-corrected chi connectivity index (χ4v) is 4.82. The van der Waals surface area contributed by atoms with Gasteiger partial charge in [-0.25, -0.2) is 18.2 Å². The fourth-order valence-electron chi connectivity index (χ4n) is 3.08. The minimum absolute atomic E-state index is 0.159. The molecule has 162 valence electrons. The molecule has 0 radical (unpaired) electrons. The van der Waals surface area contributed by atoms with Crippen molar-refractivity contribution in [2.24, 2.45) is 5.92 Å². The molecule has 9 nitrogen and oxygen atoms in total. The third kappa shape index (κ3) is 5.02. The lowest BCUT2D eigenvalue weighted by atomic mass is 9.97. The van der Waals surface area contributed by atoms with Crippen molar-refractivity contribution in [3.05, 3.63) is 36.2 Å². The highest BCUT2D eigenvalue weighted by molar-refractivity contribution is 7.98. The van der Waals surface area contributed by atoms with Gasteiger partial charge >= 0.3 is 5.97 Å². The highest BCUT2D eigenvalue weighted by Gasteiger charge is 2.34. The van der Waals surface area contributed by atoms with Gasteiger partial charge in [0.05, 0.1) is 23.5 Å². The largest absolute Gasteiger partial charge is 0.460 e. The monoisotopic (exact) mass is 453 g/mol. The zero-order valence-corrected chi connectivity index (χ0v) is 18.3. The van der Waals surface area contributed by atoms with Crippen LogP contribution < -0.4 is 5.32 Å². The van der Waals surface area contributed by atoms with Gasteiger partial charge in [0.2, 0.25) is 16.8 Å². The molecular weight excluding hydrogens is 430 g/mol. The Kier molecular flexibility index (Phi) is 7.16. The number of carbonyl (C=O) groups excluding carboxylic acids is 2. The van der Waals surface area contributed by atoms with E-state index in [0.717, 1.165) is 5.03 Å². The fraction of sp³-hybridized carbons (Fsp3) is 0.421. The first-order chi connectivity index (χ1) is 14.3. The maximum atomic E-state index is 12.8. The molecular formula is C19H23N3O6S2. The lowest BCUT2D eigenvalue weighted by molar-refractivity contribution is -0.120. The molecule has 0 saturated carbocycles. The van der Waals surface area contributed by atoms with Gasteiger partial charge in [0.1, 0.15) is 0 Å². The number of pyridine rings is 1. The summed E-state index contributed by atoms with van der Waals surface area (Å²) in [4.78, 5) is 28.4. The van der Waals surface area contributed by atoms with Gasteiger partial charge in [-0.1, -0.05) is 0 Å². The molecule has 2 aromatic rings. The van der Waals surface area contributed by atoms with Crippen LogP contribution in [0, 0.1) is 5.92 Å². The second-order valence-corrected chi connectivity index (χ2v) is 9.29. The highest BCUT2D eigenvalue weighted by atomic mass is 32.2. The Labute approximate surface area is 179 Å². The van der Waals surface area contributed by atoms with Crippen LogP contribution in [-0.2, 0) is 19.6 Å². The van der Waals surface area contributed by atoms with Gasteiger partial charge in [0.15, 0.2) is 0 Å². The number of esters is 1. The van der Waals surface area contributed by atoms with Crippen LogP contribution in [0.1, 0.15) is 30.3 Å². The molecule has 1 aliphatic rings. The highest BCUT2D eigenvalue weighted by Crippen LogP contribution is 2.26. The van der Waals surface area contributed by atoms with Crippen LogP contribution in [-0.4, -0.2) is 55.5 Å². The Hall–Kier alpha value is -2.37. The Morgan fingerprint density at radius 2 is 2.00 bits per heavy atom. The van der Waals surface area contributed by atoms with E-state index in [1.165, 1.54) is 28.2 Å². The van der Waals surface area contributed by atoms with E-state index in [-0.39, 0.29) is 42.4 Å². The number of rotatable bonds is 7. The van der Waals surface area contributed by atoms with Gasteiger partial charge in [0.25, 0.3) is 10.0 Å². The number of sulfonamides is 1. The molecule has 0 aromatic carbocycles. The maximum absolute atomic E-state index is 12.8. The summed E-state index contributed by atoms with van der Waals surface area (Å²) in [5.41, 5.74) is 0.606. The molecule has 1 N–H and O–H groups in total. The molecule has 1 saturated heterocycles. The number of hydrogen-bond acceptors (Lipinski definition) is 8. The molecule has 1 amide bonds. The summed E-state index contributed by atoms with van der Waals surface area (Å²) in [6.07, 6.45) is 4.28. The predicted molar refractivity (Wildman–Crippen MR) is 111 cm³/mol. The van der Waals surface area contributed by atoms with E-state index in [4.69, 9.17) is 9.15 Å². The topological polar surface area (TPSA) is 119 Å². The minimum Gasteiger partial charge on any atom is -0.460 e. The van der Waals surface area contributed by atoms with E-state index in [9.17, 15) is 18.0 Å². The van der Waals surface area contributed by atoms with E-state index in [1.807, 2.05) is 12.3 Å². The van der Waals surface area contributed by atoms with Crippen molar-refractivity contribution in [1.29, 1.82) is 0 Å². The summed E-state index contributed by atoms with van der Waals surface area (Å²) < 4.78 is 36.8. The number of aromatic nitrogens is 1. The summed E-state index contributed by atoms with van der Waals surface area (Å²) >= 11 is 1.51. The number of thioether (sulfide) groups is 1. The standard InChI is InChI=1S/C19H23N3O6S2/c1-3-27-19(24)15-5-7-17(28-15)30(25,26)22-10-8-13(9-11-22)18(23)21-14-4-6-16(29-2)20-12-14/h4-7,12-13H,3,8-11H2,1-2H3,(H,21,23). The van der Waals surface area contributed by atoms with Crippen LogP contribution in [0.3, 0.4) is 0 Å². The lowest BCUT2D eigenvalue weighted by Crippen LogP contribution is -2.41. The second-order valence-electron chi connectivity index (χ2n) is 6.60. The Balaban J connectivity index is 1.58. The van der Waals surface area contributed by atoms with Crippen molar-refractivity contribution in [2.45, 2.75) is 29.9 Å². The number of anilines is 1. The molecule has 1 fully saturated rings. The first-order valence-corrected chi connectivity index (χ1v) is 12.1. The lowest BCUT2D eigenvalue weighted by Gasteiger charge is -2.29. The van der Waals surface area contributed by atoms with Gasteiger partial charge in [-0.05, 0) is 50.3 Å². The van der Waals surface area contributed by atoms with E-state index in [0.29, 0.717) is 18.5 Å². The molecule has 11 heteroatoms. The number of piperidine rings is 1. The van der Waals surface area contributed by atoms with Crippen molar-refractivity contribution in [2.75, 3.05) is 31.3 Å². The average molecular weight is 454 g/mol. The van der Waals surface area contributed by atoms with E-state index >= 15 is 0 Å². The first kappa shape index (κ1) is 22.3. The quantitative estimate of drug-likeness (QED) is 0.502. The predicted octanol–water partition coefficient (Wildman–Crippen LogP) is 2.61. The van der Waals surface area contributed by atoms with Crippen molar-refractivity contribution in [3.8, 4) is 0 Å². The molecule has 1 aliphatic heterocycles. The minimum atomic E-state index is -3.89. The van der Waals surface area contributed by atoms with E-state index in [1.54, 1.807) is 19.2 Å². The summed E-state index contributed by atoms with van der Waals surface area (Å²) in [6.45, 7) is 2.17. The van der Waals surface area contributed by atoms with Gasteiger partial charge in [-0.15, -0.1) is 11.8 Å². The van der Waals surface area contributed by atoms with Crippen molar-refractivity contribution in [1.82, 2.24) is 9.29 Å².